The van der Waals surface area contributed by atoms with E-state index in [1.54, 1.807) is 0 Å². The van der Waals surface area contributed by atoms with Gasteiger partial charge < -0.3 is 63.9 Å². The molecule has 0 spiro atoms. The van der Waals surface area contributed by atoms with Gasteiger partial charge in [-0.1, -0.05) is 77.0 Å². The Morgan fingerprint density at radius 3 is 0.618 bits per heavy atom. The molecule has 0 N–H and O–H groups in total. The SMILES string of the molecule is CCCOP(=S)([S-])OCCC.CCCOP(=S)([S-])OCCC.CCCOP(=S)([S-])OCCC.[Al+3]. The van der Waals surface area contributed by atoms with Crippen molar-refractivity contribution < 1.29 is 27.1 Å². The minimum absolute atomic E-state index is 0. The predicted molar refractivity (Wildman–Crippen MR) is 168 cm³/mol. The normalized spacial score (nSPS) is 11.6. The molecule has 0 radical (unpaired) electrons. The fourth-order valence-electron chi connectivity index (χ4n) is 1.33. The zero-order valence-electron chi connectivity index (χ0n) is 21.3. The van der Waals surface area contributed by atoms with Crippen molar-refractivity contribution in [1.29, 1.82) is 0 Å². The third kappa shape index (κ3) is 37.4. The standard InChI is InChI=1S/3C6H15O2PS2.Al/c3*1-3-5-7-9(10,11)8-6-4-2;/h3*3-6H2,1-2H3,(H,10,11);/q;;;+3/p-3. The summed E-state index contributed by atoms with van der Waals surface area (Å²) < 4.78 is 31.2. The van der Waals surface area contributed by atoms with Crippen LogP contribution in [-0.2, 0) is 99.3 Å². The topological polar surface area (TPSA) is 55.4 Å². The predicted octanol–water partition coefficient (Wildman–Crippen LogP) is 7.45. The van der Waals surface area contributed by atoms with Crippen LogP contribution in [0.2, 0.25) is 0 Å². The smallest absolute Gasteiger partial charge is 0.691 e. The van der Waals surface area contributed by atoms with E-state index in [2.05, 4.69) is 0 Å². The van der Waals surface area contributed by atoms with Gasteiger partial charge in [0.05, 0.1) is 56.7 Å². The molecule has 0 heterocycles. The summed E-state index contributed by atoms with van der Waals surface area (Å²) in [6.45, 7) is 15.8. The molecule has 0 aromatic carbocycles. The molecule has 0 saturated heterocycles. The molecule has 0 rings (SSSR count). The maximum atomic E-state index is 5.20. The van der Waals surface area contributed by atoms with Crippen LogP contribution in [0.5, 0.6) is 0 Å². The summed E-state index contributed by atoms with van der Waals surface area (Å²) >= 11 is 29.7. The van der Waals surface area contributed by atoms with E-state index in [0.717, 1.165) is 38.5 Å². The van der Waals surface area contributed by atoms with Crippen LogP contribution in [0.1, 0.15) is 80.1 Å². The van der Waals surface area contributed by atoms with E-state index in [1.165, 1.54) is 0 Å². The maximum Gasteiger partial charge on any atom is 3.00 e. The summed E-state index contributed by atoms with van der Waals surface area (Å²) in [5, 5.41) is 0. The summed E-state index contributed by atoms with van der Waals surface area (Å²) in [6.07, 6.45) is 5.61. The molecule has 0 bridgehead atoms. The molecule has 0 aromatic rings. The van der Waals surface area contributed by atoms with Gasteiger partial charge in [0.25, 0.3) is 0 Å². The van der Waals surface area contributed by atoms with Crippen molar-refractivity contribution in [3.05, 3.63) is 0 Å². The van der Waals surface area contributed by atoms with E-state index in [4.69, 9.17) is 99.3 Å². The first-order valence-electron chi connectivity index (χ1n) is 11.2. The van der Waals surface area contributed by atoms with Gasteiger partial charge in [0, 0.05) is 0 Å². The third-order valence-corrected chi connectivity index (χ3v) is 9.51. The van der Waals surface area contributed by atoms with E-state index in [-0.39, 0.29) is 17.4 Å². The summed E-state index contributed by atoms with van der Waals surface area (Å²) in [6, 6.07) is 0. The first-order valence-corrected chi connectivity index (χ1v) is 22.1. The van der Waals surface area contributed by atoms with Crippen molar-refractivity contribution in [3.8, 4) is 0 Å². The molecule has 0 atom stereocenters. The summed E-state index contributed by atoms with van der Waals surface area (Å²) in [5.41, 5.74) is -6.93. The Hall–Kier alpha value is 3.29. The average Bonchev–Trinajstić information content (AvgIpc) is 2.77. The second-order valence-corrected chi connectivity index (χ2v) is 21.3. The van der Waals surface area contributed by atoms with E-state index in [0.29, 0.717) is 39.6 Å². The second kappa shape index (κ2) is 29.3. The van der Waals surface area contributed by atoms with Crippen molar-refractivity contribution in [2.75, 3.05) is 39.6 Å². The average molecular weight is 667 g/mol. The van der Waals surface area contributed by atoms with E-state index < -0.39 is 17.1 Å². The largest absolute Gasteiger partial charge is 3.00 e. The number of hydrogen-bond donors (Lipinski definition) is 0. The number of rotatable bonds is 18. The molecule has 16 heteroatoms. The second-order valence-electron chi connectivity index (χ2n) is 6.34. The van der Waals surface area contributed by atoms with E-state index >= 15 is 0 Å². The van der Waals surface area contributed by atoms with Gasteiger partial charge in [-0.2, -0.15) is 0 Å². The molecule has 0 aliphatic carbocycles. The summed E-state index contributed by atoms with van der Waals surface area (Å²) in [5.74, 6) is 0. The number of hydrogen-bond acceptors (Lipinski definition) is 12. The maximum absolute atomic E-state index is 5.20. The van der Waals surface area contributed by atoms with Crippen molar-refractivity contribution in [1.82, 2.24) is 0 Å². The van der Waals surface area contributed by atoms with Crippen molar-refractivity contribution in [2.45, 2.75) is 80.1 Å². The van der Waals surface area contributed by atoms with Crippen LogP contribution in [-0.4, -0.2) is 57.0 Å². The van der Waals surface area contributed by atoms with Crippen LogP contribution in [0.4, 0.5) is 0 Å². The first kappa shape index (κ1) is 44.3. The Morgan fingerprint density at radius 1 is 0.412 bits per heavy atom. The fourth-order valence-corrected chi connectivity index (χ4v) is 6.67. The molecule has 0 aromatic heterocycles. The molecule has 0 fully saturated rings. The minimum Gasteiger partial charge on any atom is -0.691 e. The Morgan fingerprint density at radius 2 is 0.529 bits per heavy atom. The Bertz CT molecular complexity index is 468. The Kier molecular flexibility index (Phi) is 38.2. The molecular formula is C18H42AlO6P3S6. The monoisotopic (exact) mass is 666 g/mol. The zero-order chi connectivity index (χ0) is 26.2. The quantitative estimate of drug-likeness (QED) is 0.0830. The van der Waals surface area contributed by atoms with Gasteiger partial charge in [-0.3, -0.25) is 0 Å². The van der Waals surface area contributed by atoms with Crippen molar-refractivity contribution in [2.24, 2.45) is 0 Å². The molecule has 0 saturated carbocycles. The van der Waals surface area contributed by atoms with Crippen LogP contribution in [0.3, 0.4) is 0 Å². The molecular weight excluding hydrogens is 624 g/mol. The van der Waals surface area contributed by atoms with Crippen LogP contribution >= 0.6 is 17.1 Å². The Labute approximate surface area is 251 Å². The molecule has 0 unspecified atom stereocenters. The van der Waals surface area contributed by atoms with Gasteiger partial charge >= 0.3 is 17.4 Å². The fraction of sp³-hybridized carbons (Fsp3) is 1.00. The molecule has 0 aliphatic rings. The van der Waals surface area contributed by atoms with Gasteiger partial charge in [0.15, 0.2) is 0 Å². The molecule has 34 heavy (non-hydrogen) atoms. The summed E-state index contributed by atoms with van der Waals surface area (Å²) in [4.78, 5) is 0. The summed E-state index contributed by atoms with van der Waals surface area (Å²) in [7, 11) is 0. The minimum atomic E-state index is -2.31. The Balaban J connectivity index is -0.000000196. The van der Waals surface area contributed by atoms with Gasteiger partial charge in [-0.05, 0) is 38.5 Å². The van der Waals surface area contributed by atoms with Gasteiger partial charge in [-0.15, -0.1) is 0 Å². The van der Waals surface area contributed by atoms with E-state index in [1.807, 2.05) is 41.5 Å². The van der Waals surface area contributed by atoms with Gasteiger partial charge in [0.1, 0.15) is 0 Å². The molecule has 6 nitrogen and oxygen atoms in total. The van der Waals surface area contributed by atoms with Gasteiger partial charge in [-0.25, -0.2) is 0 Å². The van der Waals surface area contributed by atoms with Crippen molar-refractivity contribution in [3.63, 3.8) is 0 Å². The van der Waals surface area contributed by atoms with Crippen molar-refractivity contribution >= 4 is 107 Å². The van der Waals surface area contributed by atoms with Crippen LogP contribution in [0, 0.1) is 0 Å². The third-order valence-electron chi connectivity index (χ3n) is 2.72. The van der Waals surface area contributed by atoms with Gasteiger partial charge in [0.2, 0.25) is 0 Å². The van der Waals surface area contributed by atoms with Crippen LogP contribution in [0.15, 0.2) is 0 Å². The van der Waals surface area contributed by atoms with Crippen LogP contribution in [0.25, 0.3) is 0 Å². The molecule has 0 aliphatic heterocycles. The zero-order valence-corrected chi connectivity index (χ0v) is 30.0. The van der Waals surface area contributed by atoms with E-state index in [9.17, 15) is 0 Å². The molecule has 204 valence electrons. The molecule has 0 amide bonds. The first-order chi connectivity index (χ1) is 15.4. The van der Waals surface area contributed by atoms with Crippen LogP contribution < -0.4 is 0 Å².